The molecule has 138 valence electrons. The summed E-state index contributed by atoms with van der Waals surface area (Å²) in [6.45, 7) is 3.06. The van der Waals surface area contributed by atoms with Gasteiger partial charge in [-0.2, -0.15) is 5.26 Å². The second kappa shape index (κ2) is 8.13. The second-order valence-corrected chi connectivity index (χ2v) is 6.76. The molecule has 1 fully saturated rings. The quantitative estimate of drug-likeness (QED) is 0.662. The lowest BCUT2D eigenvalue weighted by molar-refractivity contribution is -0.118. The highest BCUT2D eigenvalue weighted by molar-refractivity contribution is 6.02. The number of benzene rings is 1. The first kappa shape index (κ1) is 18.1. The van der Waals surface area contributed by atoms with Crippen molar-refractivity contribution in [1.82, 2.24) is 5.32 Å². The molecule has 0 unspecified atom stereocenters. The molecule has 1 saturated carbocycles. The smallest absolute Gasteiger partial charge is 0.262 e. The van der Waals surface area contributed by atoms with Crippen molar-refractivity contribution in [3.63, 3.8) is 0 Å². The van der Waals surface area contributed by atoms with Gasteiger partial charge in [0.25, 0.3) is 5.91 Å². The van der Waals surface area contributed by atoms with E-state index in [2.05, 4.69) is 12.2 Å². The summed E-state index contributed by atoms with van der Waals surface area (Å²) in [7, 11) is 1.55. The highest BCUT2D eigenvalue weighted by Crippen LogP contribution is 2.40. The molecule has 1 heterocycles. The Morgan fingerprint density at radius 2 is 2.08 bits per heavy atom. The maximum Gasteiger partial charge on any atom is 0.262 e. The van der Waals surface area contributed by atoms with Crippen molar-refractivity contribution in [3.05, 3.63) is 23.3 Å². The van der Waals surface area contributed by atoms with Crippen molar-refractivity contribution < 1.29 is 19.0 Å². The highest BCUT2D eigenvalue weighted by atomic mass is 16.6. The Morgan fingerprint density at radius 3 is 2.81 bits per heavy atom. The molecule has 6 heteroatoms. The summed E-state index contributed by atoms with van der Waals surface area (Å²) in [5, 5.41) is 12.5. The van der Waals surface area contributed by atoms with Crippen LogP contribution in [0.25, 0.3) is 6.08 Å². The van der Waals surface area contributed by atoms with Gasteiger partial charge in [-0.15, -0.1) is 0 Å². The SMILES string of the molecule is COc1cc(/C=C(\C#N)C(=O)N[C@@H]2CCCC[C@@H]2C)cc2c1OCCO2. The van der Waals surface area contributed by atoms with Gasteiger partial charge in [-0.3, -0.25) is 4.79 Å². The fraction of sp³-hybridized carbons (Fsp3) is 0.500. The lowest BCUT2D eigenvalue weighted by atomic mass is 9.86. The van der Waals surface area contributed by atoms with Crippen LogP contribution in [-0.2, 0) is 4.79 Å². The van der Waals surface area contributed by atoms with E-state index in [1.54, 1.807) is 25.3 Å². The van der Waals surface area contributed by atoms with E-state index in [0.717, 1.165) is 19.3 Å². The van der Waals surface area contributed by atoms with Crippen molar-refractivity contribution in [2.45, 2.75) is 38.6 Å². The van der Waals surface area contributed by atoms with E-state index in [1.807, 2.05) is 6.07 Å². The number of fused-ring (bicyclic) bond motifs is 1. The molecule has 26 heavy (non-hydrogen) atoms. The maximum atomic E-state index is 12.5. The standard InChI is InChI=1S/C20H24N2O4/c1-13-5-3-4-6-16(13)22-20(23)15(12-21)9-14-10-17(24-2)19-18(11-14)25-7-8-26-19/h9-11,13,16H,3-8H2,1-2H3,(H,22,23)/b15-9+/t13-,16+/m0/s1. The molecule has 1 aliphatic carbocycles. The van der Waals surface area contributed by atoms with E-state index in [0.29, 0.717) is 41.9 Å². The lowest BCUT2D eigenvalue weighted by Crippen LogP contribution is -2.41. The van der Waals surface area contributed by atoms with Gasteiger partial charge in [0.05, 0.1) is 7.11 Å². The lowest BCUT2D eigenvalue weighted by Gasteiger charge is -2.29. The van der Waals surface area contributed by atoms with Crippen molar-refractivity contribution in [2.75, 3.05) is 20.3 Å². The summed E-state index contributed by atoms with van der Waals surface area (Å²) in [5.41, 5.74) is 0.732. The number of nitriles is 1. The number of ether oxygens (including phenoxy) is 3. The van der Waals surface area contributed by atoms with E-state index in [4.69, 9.17) is 14.2 Å². The van der Waals surface area contributed by atoms with Crippen LogP contribution in [0.4, 0.5) is 0 Å². The zero-order chi connectivity index (χ0) is 18.5. The summed E-state index contributed by atoms with van der Waals surface area (Å²) in [5.74, 6) is 1.73. The Morgan fingerprint density at radius 1 is 1.31 bits per heavy atom. The predicted molar refractivity (Wildman–Crippen MR) is 97.1 cm³/mol. The number of carbonyl (C=O) groups excluding carboxylic acids is 1. The van der Waals surface area contributed by atoms with Crippen molar-refractivity contribution in [3.8, 4) is 23.3 Å². The molecule has 3 rings (SSSR count). The molecular formula is C20H24N2O4. The predicted octanol–water partition coefficient (Wildman–Crippen LogP) is 3.07. The van der Waals surface area contributed by atoms with Crippen LogP contribution >= 0.6 is 0 Å². The Bertz CT molecular complexity index is 734. The third-order valence-electron chi connectivity index (χ3n) is 4.95. The maximum absolute atomic E-state index is 12.5. The van der Waals surface area contributed by atoms with E-state index < -0.39 is 0 Å². The average Bonchev–Trinajstić information content (AvgIpc) is 2.67. The summed E-state index contributed by atoms with van der Waals surface area (Å²) >= 11 is 0. The van der Waals surface area contributed by atoms with E-state index in [-0.39, 0.29) is 17.5 Å². The van der Waals surface area contributed by atoms with Gasteiger partial charge in [0.1, 0.15) is 24.9 Å². The second-order valence-electron chi connectivity index (χ2n) is 6.76. The molecule has 2 aliphatic rings. The molecule has 0 saturated heterocycles. The Labute approximate surface area is 153 Å². The van der Waals surface area contributed by atoms with Gasteiger partial charge in [0, 0.05) is 6.04 Å². The molecule has 0 radical (unpaired) electrons. The van der Waals surface area contributed by atoms with Crippen LogP contribution in [0.3, 0.4) is 0 Å². The molecule has 1 aliphatic heterocycles. The fourth-order valence-electron chi connectivity index (χ4n) is 3.47. The van der Waals surface area contributed by atoms with Gasteiger partial charge in [-0.1, -0.05) is 19.8 Å². The number of hydrogen-bond donors (Lipinski definition) is 1. The number of nitrogens with zero attached hydrogens (tertiary/aromatic N) is 1. The molecule has 2 atom stereocenters. The highest BCUT2D eigenvalue weighted by Gasteiger charge is 2.24. The zero-order valence-electron chi connectivity index (χ0n) is 15.2. The summed E-state index contributed by atoms with van der Waals surface area (Å²) in [6, 6.07) is 5.63. The van der Waals surface area contributed by atoms with Crippen LogP contribution in [0.2, 0.25) is 0 Å². The van der Waals surface area contributed by atoms with Crippen LogP contribution in [0.15, 0.2) is 17.7 Å². The van der Waals surface area contributed by atoms with Gasteiger partial charge < -0.3 is 19.5 Å². The largest absolute Gasteiger partial charge is 0.493 e. The van der Waals surface area contributed by atoms with E-state index in [9.17, 15) is 10.1 Å². The summed E-state index contributed by atoms with van der Waals surface area (Å²) < 4.78 is 16.5. The number of rotatable bonds is 4. The third-order valence-corrected chi connectivity index (χ3v) is 4.95. The van der Waals surface area contributed by atoms with E-state index >= 15 is 0 Å². The first-order chi connectivity index (χ1) is 12.6. The number of methoxy groups -OCH3 is 1. The van der Waals surface area contributed by atoms with Gasteiger partial charge in [0.15, 0.2) is 11.5 Å². The van der Waals surface area contributed by atoms with Crippen molar-refractivity contribution in [1.29, 1.82) is 5.26 Å². The first-order valence-corrected chi connectivity index (χ1v) is 9.02. The Kier molecular flexibility index (Phi) is 5.67. The van der Waals surface area contributed by atoms with Crippen LogP contribution in [0.5, 0.6) is 17.2 Å². The topological polar surface area (TPSA) is 80.6 Å². The summed E-state index contributed by atoms with van der Waals surface area (Å²) in [6.07, 6.45) is 5.94. The zero-order valence-corrected chi connectivity index (χ0v) is 15.2. The number of carbonyl (C=O) groups is 1. The molecule has 0 bridgehead atoms. The minimum Gasteiger partial charge on any atom is -0.493 e. The van der Waals surface area contributed by atoms with Crippen LogP contribution < -0.4 is 19.5 Å². The number of amides is 1. The van der Waals surface area contributed by atoms with E-state index in [1.165, 1.54) is 6.42 Å². The van der Waals surface area contributed by atoms with Crippen molar-refractivity contribution >= 4 is 12.0 Å². The molecule has 0 aromatic heterocycles. The number of hydrogen-bond acceptors (Lipinski definition) is 5. The average molecular weight is 356 g/mol. The fourth-order valence-corrected chi connectivity index (χ4v) is 3.47. The van der Waals surface area contributed by atoms with Crippen LogP contribution in [0.1, 0.15) is 38.2 Å². The van der Waals surface area contributed by atoms with Crippen molar-refractivity contribution in [2.24, 2.45) is 5.92 Å². The molecule has 1 aromatic rings. The van der Waals surface area contributed by atoms with Gasteiger partial charge in [-0.05, 0) is 42.5 Å². The monoisotopic (exact) mass is 356 g/mol. The Hall–Kier alpha value is -2.68. The molecule has 1 N–H and O–H groups in total. The minimum absolute atomic E-state index is 0.0708. The molecule has 6 nitrogen and oxygen atoms in total. The normalized spacial score (nSPS) is 22.3. The van der Waals surface area contributed by atoms with Crippen LogP contribution in [0, 0.1) is 17.2 Å². The summed E-state index contributed by atoms with van der Waals surface area (Å²) in [4.78, 5) is 12.5. The Balaban J connectivity index is 1.82. The molecule has 1 aromatic carbocycles. The molecular weight excluding hydrogens is 332 g/mol. The van der Waals surface area contributed by atoms with Gasteiger partial charge >= 0.3 is 0 Å². The molecule has 1 amide bonds. The number of nitrogens with one attached hydrogen (secondary N) is 1. The molecule has 0 spiro atoms. The van der Waals surface area contributed by atoms with Crippen LogP contribution in [-0.4, -0.2) is 32.3 Å². The van der Waals surface area contributed by atoms with Gasteiger partial charge in [-0.25, -0.2) is 0 Å². The van der Waals surface area contributed by atoms with Gasteiger partial charge in [0.2, 0.25) is 5.75 Å². The minimum atomic E-state index is -0.333. The first-order valence-electron chi connectivity index (χ1n) is 9.02. The third kappa shape index (κ3) is 3.93.